The number of carbonyl (C=O) groups is 1. The van der Waals surface area contributed by atoms with Crippen molar-refractivity contribution in [3.8, 4) is 11.5 Å². The molecule has 1 aliphatic heterocycles. The topological polar surface area (TPSA) is 84.9 Å². The predicted octanol–water partition coefficient (Wildman–Crippen LogP) is 3.54. The molecule has 0 spiro atoms. The molecule has 0 aliphatic carbocycles. The summed E-state index contributed by atoms with van der Waals surface area (Å²) in [5, 5.41) is 3.25. The number of methoxy groups -OCH3 is 2. The SMILES string of the molecule is COc1ccc(Cl)cc1NC(=O)C1CCN(S(=O)(=O)c2cc(F)ccc2OC)CC1. The number of amides is 1. The number of ether oxygens (including phenoxy) is 2. The van der Waals surface area contributed by atoms with Gasteiger partial charge < -0.3 is 14.8 Å². The Balaban J connectivity index is 1.69. The van der Waals surface area contributed by atoms with Gasteiger partial charge in [0.2, 0.25) is 15.9 Å². The largest absolute Gasteiger partial charge is 0.495 e. The third-order valence-corrected chi connectivity index (χ3v) is 7.14. The Kier molecular flexibility index (Phi) is 6.84. The highest BCUT2D eigenvalue weighted by atomic mass is 35.5. The molecule has 1 aliphatic rings. The van der Waals surface area contributed by atoms with E-state index in [1.165, 1.54) is 24.6 Å². The van der Waals surface area contributed by atoms with E-state index in [4.69, 9.17) is 21.1 Å². The third-order valence-electron chi connectivity index (χ3n) is 4.99. The van der Waals surface area contributed by atoms with Crippen LogP contribution < -0.4 is 14.8 Å². The molecule has 3 rings (SSSR count). The maximum Gasteiger partial charge on any atom is 0.246 e. The lowest BCUT2D eigenvalue weighted by Crippen LogP contribution is -2.41. The van der Waals surface area contributed by atoms with E-state index in [9.17, 15) is 17.6 Å². The molecule has 0 radical (unpaired) electrons. The molecule has 0 saturated carbocycles. The van der Waals surface area contributed by atoms with Gasteiger partial charge in [-0.2, -0.15) is 4.31 Å². The second-order valence-electron chi connectivity index (χ2n) is 6.81. The summed E-state index contributed by atoms with van der Waals surface area (Å²) in [5.74, 6) is -0.736. The molecule has 0 aromatic heterocycles. The van der Waals surface area contributed by atoms with Gasteiger partial charge in [-0.25, -0.2) is 12.8 Å². The van der Waals surface area contributed by atoms with Gasteiger partial charge >= 0.3 is 0 Å². The smallest absolute Gasteiger partial charge is 0.246 e. The minimum Gasteiger partial charge on any atom is -0.495 e. The average Bonchev–Trinajstić information content (AvgIpc) is 2.74. The lowest BCUT2D eigenvalue weighted by Gasteiger charge is -2.31. The quantitative estimate of drug-likeness (QED) is 0.718. The van der Waals surface area contributed by atoms with Crippen LogP contribution in [-0.2, 0) is 14.8 Å². The average molecular weight is 457 g/mol. The standard InChI is InChI=1S/C20H22ClFN2O5S/c1-28-17-5-3-14(21)11-16(17)23-20(25)13-7-9-24(10-8-13)30(26,27)19-12-15(22)4-6-18(19)29-2/h3-6,11-13H,7-10H2,1-2H3,(H,23,25). The highest BCUT2D eigenvalue weighted by molar-refractivity contribution is 7.89. The molecule has 0 unspecified atom stereocenters. The van der Waals surface area contributed by atoms with Crippen molar-refractivity contribution in [2.24, 2.45) is 5.92 Å². The molecule has 1 heterocycles. The zero-order valence-electron chi connectivity index (χ0n) is 16.5. The van der Waals surface area contributed by atoms with Crippen LogP contribution in [0.15, 0.2) is 41.3 Å². The van der Waals surface area contributed by atoms with Gasteiger partial charge in [-0.05, 0) is 49.2 Å². The van der Waals surface area contributed by atoms with Gasteiger partial charge in [0.25, 0.3) is 0 Å². The van der Waals surface area contributed by atoms with E-state index in [-0.39, 0.29) is 35.6 Å². The number of nitrogens with one attached hydrogen (secondary N) is 1. The van der Waals surface area contributed by atoms with Gasteiger partial charge in [-0.1, -0.05) is 11.6 Å². The summed E-state index contributed by atoms with van der Waals surface area (Å²) >= 11 is 5.99. The Morgan fingerprint density at radius 3 is 2.37 bits per heavy atom. The van der Waals surface area contributed by atoms with Gasteiger partial charge in [0, 0.05) is 24.0 Å². The molecule has 7 nitrogen and oxygen atoms in total. The Bertz CT molecular complexity index is 1040. The van der Waals surface area contributed by atoms with Gasteiger partial charge in [-0.3, -0.25) is 4.79 Å². The number of benzene rings is 2. The van der Waals surface area contributed by atoms with Gasteiger partial charge in [0.1, 0.15) is 22.2 Å². The molecule has 30 heavy (non-hydrogen) atoms. The first kappa shape index (κ1) is 22.3. The zero-order chi connectivity index (χ0) is 21.9. The van der Waals surface area contributed by atoms with Crippen LogP contribution in [0.3, 0.4) is 0 Å². The third kappa shape index (κ3) is 4.69. The molecule has 2 aromatic rings. The number of nitrogens with zero attached hydrogens (tertiary/aromatic N) is 1. The number of carbonyl (C=O) groups excluding carboxylic acids is 1. The van der Waals surface area contributed by atoms with E-state index in [1.54, 1.807) is 18.2 Å². The number of sulfonamides is 1. The van der Waals surface area contributed by atoms with Crippen molar-refractivity contribution in [3.63, 3.8) is 0 Å². The fourth-order valence-electron chi connectivity index (χ4n) is 3.36. The minimum atomic E-state index is -3.95. The van der Waals surface area contributed by atoms with Crippen LogP contribution >= 0.6 is 11.6 Å². The Hall–Kier alpha value is -2.36. The molecule has 1 amide bonds. The molecule has 0 atom stereocenters. The molecular weight excluding hydrogens is 435 g/mol. The summed E-state index contributed by atoms with van der Waals surface area (Å²) in [6.07, 6.45) is 0.650. The highest BCUT2D eigenvalue weighted by Gasteiger charge is 2.34. The van der Waals surface area contributed by atoms with Crippen molar-refractivity contribution < 1.29 is 27.1 Å². The number of halogens is 2. The number of hydrogen-bond donors (Lipinski definition) is 1. The van der Waals surface area contributed by atoms with Crippen molar-refractivity contribution in [1.82, 2.24) is 4.31 Å². The molecule has 1 fully saturated rings. The monoisotopic (exact) mass is 456 g/mol. The van der Waals surface area contributed by atoms with E-state index in [0.717, 1.165) is 12.1 Å². The first-order chi connectivity index (χ1) is 14.3. The normalized spacial score (nSPS) is 15.6. The minimum absolute atomic E-state index is 0.0734. The molecule has 2 aromatic carbocycles. The van der Waals surface area contributed by atoms with Crippen LogP contribution in [0.5, 0.6) is 11.5 Å². The van der Waals surface area contributed by atoms with Gasteiger partial charge in [0.05, 0.1) is 19.9 Å². The first-order valence-electron chi connectivity index (χ1n) is 9.24. The Morgan fingerprint density at radius 1 is 1.10 bits per heavy atom. The number of piperidine rings is 1. The van der Waals surface area contributed by atoms with Crippen molar-refractivity contribution in [2.45, 2.75) is 17.7 Å². The molecule has 1 N–H and O–H groups in total. The Labute approximate surface area is 179 Å². The molecule has 162 valence electrons. The fourth-order valence-corrected chi connectivity index (χ4v) is 5.17. The van der Waals surface area contributed by atoms with Crippen molar-refractivity contribution in [3.05, 3.63) is 47.2 Å². The second-order valence-corrected chi connectivity index (χ2v) is 9.15. The van der Waals surface area contributed by atoms with Crippen molar-refractivity contribution in [1.29, 1.82) is 0 Å². The predicted molar refractivity (Wildman–Crippen MR) is 111 cm³/mol. The van der Waals surface area contributed by atoms with Crippen LogP contribution in [0, 0.1) is 11.7 Å². The summed E-state index contributed by atoms with van der Waals surface area (Å²) in [6, 6.07) is 8.26. The maximum atomic E-state index is 13.6. The summed E-state index contributed by atoms with van der Waals surface area (Å²) in [4.78, 5) is 12.4. The molecular formula is C20H22ClFN2O5S. The lowest BCUT2D eigenvalue weighted by molar-refractivity contribution is -0.120. The molecule has 10 heteroatoms. The van der Waals surface area contributed by atoms with Crippen molar-refractivity contribution in [2.75, 3.05) is 32.6 Å². The van der Waals surface area contributed by atoms with Crippen LogP contribution in [0.1, 0.15) is 12.8 Å². The van der Waals surface area contributed by atoms with E-state index in [2.05, 4.69) is 5.32 Å². The number of hydrogen-bond acceptors (Lipinski definition) is 5. The number of rotatable bonds is 6. The van der Waals surface area contributed by atoms with E-state index in [1.807, 2.05) is 0 Å². The summed E-state index contributed by atoms with van der Waals surface area (Å²) in [5.41, 5.74) is 0.453. The first-order valence-corrected chi connectivity index (χ1v) is 11.1. The highest BCUT2D eigenvalue weighted by Crippen LogP contribution is 2.32. The zero-order valence-corrected chi connectivity index (χ0v) is 18.1. The van der Waals surface area contributed by atoms with E-state index in [0.29, 0.717) is 29.3 Å². The van der Waals surface area contributed by atoms with Crippen LogP contribution in [-0.4, -0.2) is 45.9 Å². The molecule has 1 saturated heterocycles. The second kappa shape index (κ2) is 9.20. The Morgan fingerprint density at radius 2 is 1.73 bits per heavy atom. The maximum absolute atomic E-state index is 13.6. The molecule has 0 bridgehead atoms. The number of anilines is 1. The summed E-state index contributed by atoms with van der Waals surface area (Å²) < 4.78 is 51.1. The van der Waals surface area contributed by atoms with Crippen molar-refractivity contribution >= 4 is 33.2 Å². The van der Waals surface area contributed by atoms with Crippen LogP contribution in [0.25, 0.3) is 0 Å². The van der Waals surface area contributed by atoms with Gasteiger partial charge in [-0.15, -0.1) is 0 Å². The van der Waals surface area contributed by atoms with E-state index >= 15 is 0 Å². The summed E-state index contributed by atoms with van der Waals surface area (Å²) in [6.45, 7) is 0.263. The van der Waals surface area contributed by atoms with Gasteiger partial charge in [0.15, 0.2) is 0 Å². The van der Waals surface area contributed by atoms with Crippen LogP contribution in [0.2, 0.25) is 5.02 Å². The lowest BCUT2D eigenvalue weighted by atomic mass is 9.97. The van der Waals surface area contributed by atoms with E-state index < -0.39 is 15.8 Å². The summed E-state index contributed by atoms with van der Waals surface area (Å²) in [7, 11) is -1.14. The van der Waals surface area contributed by atoms with Crippen LogP contribution in [0.4, 0.5) is 10.1 Å². The fraction of sp³-hybridized carbons (Fsp3) is 0.350.